The lowest BCUT2D eigenvalue weighted by atomic mass is 9.85. The van der Waals surface area contributed by atoms with Gasteiger partial charge in [0.2, 0.25) is 11.8 Å². The van der Waals surface area contributed by atoms with Crippen LogP contribution in [-0.2, 0) is 18.9 Å². The van der Waals surface area contributed by atoms with Crippen LogP contribution < -0.4 is 25.8 Å². The second kappa shape index (κ2) is 15.1. The third-order valence-corrected chi connectivity index (χ3v) is 9.68. The number of primary amides is 1. The van der Waals surface area contributed by atoms with Gasteiger partial charge >= 0.3 is 13.7 Å². The summed E-state index contributed by atoms with van der Waals surface area (Å²) in [5.41, 5.74) is 6.52. The summed E-state index contributed by atoms with van der Waals surface area (Å²) in [7, 11) is -4.43. The summed E-state index contributed by atoms with van der Waals surface area (Å²) in [5, 5.41) is 9.10. The summed E-state index contributed by atoms with van der Waals surface area (Å²) in [6.07, 6.45) is 1.29. The number of pyridine rings is 1. The van der Waals surface area contributed by atoms with Crippen LogP contribution in [0.2, 0.25) is 0 Å². The minimum absolute atomic E-state index is 0.0140. The largest absolute Gasteiger partial charge is 0.488 e. The van der Waals surface area contributed by atoms with Gasteiger partial charge in [0.05, 0.1) is 17.8 Å². The van der Waals surface area contributed by atoms with Gasteiger partial charge < -0.3 is 45.3 Å². The van der Waals surface area contributed by atoms with Crippen molar-refractivity contribution in [3.63, 3.8) is 0 Å². The zero-order chi connectivity index (χ0) is 36.4. The molecule has 50 heavy (non-hydrogen) atoms. The number of ether oxygens (including phenoxy) is 3. The Morgan fingerprint density at radius 2 is 1.82 bits per heavy atom. The Morgan fingerprint density at radius 3 is 2.46 bits per heavy atom. The second-order valence-electron chi connectivity index (χ2n) is 14.1. The van der Waals surface area contributed by atoms with E-state index in [1.807, 2.05) is 40.0 Å². The first-order valence-electron chi connectivity index (χ1n) is 16.5. The maximum absolute atomic E-state index is 14.1. The Morgan fingerprint density at radius 1 is 1.10 bits per heavy atom. The number of nitrogens with one attached hydrogen (secondary N) is 2. The third-order valence-electron chi connectivity index (χ3n) is 8.44. The lowest BCUT2D eigenvalue weighted by Gasteiger charge is -2.34. The van der Waals surface area contributed by atoms with Gasteiger partial charge in [-0.25, -0.2) is 14.8 Å². The molecule has 17 heteroatoms. The molecule has 5 rings (SSSR count). The highest BCUT2D eigenvalue weighted by Gasteiger charge is 2.45. The van der Waals surface area contributed by atoms with E-state index in [4.69, 9.17) is 24.9 Å². The van der Waals surface area contributed by atoms with Crippen molar-refractivity contribution >= 4 is 52.9 Å². The normalized spacial score (nSPS) is 19.1. The fourth-order valence-electron chi connectivity index (χ4n) is 6.06. The van der Waals surface area contributed by atoms with Crippen LogP contribution in [0.1, 0.15) is 66.7 Å². The number of fused-ring (bicyclic) bond motifs is 1. The number of amides is 3. The van der Waals surface area contributed by atoms with E-state index in [-0.39, 0.29) is 30.9 Å². The first-order chi connectivity index (χ1) is 23.5. The predicted molar refractivity (Wildman–Crippen MR) is 188 cm³/mol. The molecular weight excluding hydrogens is 687 g/mol. The van der Waals surface area contributed by atoms with Crippen LogP contribution in [-0.4, -0.2) is 85.8 Å². The molecule has 3 amide bonds. The van der Waals surface area contributed by atoms with E-state index < -0.39 is 55.5 Å². The number of carbonyl (C=O) groups is 3. The van der Waals surface area contributed by atoms with Crippen LogP contribution in [0.4, 0.5) is 9.93 Å². The summed E-state index contributed by atoms with van der Waals surface area (Å²) in [4.78, 5) is 69.0. The SMILES string of the molecule is CC(C)Nc1nc(-c2cc(O[C@@H]3C[C@@H](C(N)=O)N(C(=O)[C@@H](NC(=O)OC4CCCC4)C(C)(C)C)C3)c3ccc(OCP(=O)(O)O)cc3n2)cs1. The maximum atomic E-state index is 14.1. The van der Waals surface area contributed by atoms with Gasteiger partial charge in [0.15, 0.2) is 11.5 Å². The molecule has 2 aliphatic rings. The quantitative estimate of drug-likeness (QED) is 0.162. The molecule has 2 aromatic heterocycles. The van der Waals surface area contributed by atoms with Gasteiger partial charge in [0, 0.05) is 35.4 Å². The molecule has 1 aromatic carbocycles. The van der Waals surface area contributed by atoms with Gasteiger partial charge in [-0.05, 0) is 57.1 Å². The van der Waals surface area contributed by atoms with E-state index in [9.17, 15) is 28.7 Å². The maximum Gasteiger partial charge on any atom is 0.408 e. The van der Waals surface area contributed by atoms with E-state index >= 15 is 0 Å². The minimum atomic E-state index is -4.43. The van der Waals surface area contributed by atoms with Gasteiger partial charge in [-0.2, -0.15) is 0 Å². The highest BCUT2D eigenvalue weighted by Crippen LogP contribution is 2.38. The van der Waals surface area contributed by atoms with Gasteiger partial charge in [-0.15, -0.1) is 11.3 Å². The van der Waals surface area contributed by atoms with Crippen molar-refractivity contribution in [1.82, 2.24) is 20.2 Å². The van der Waals surface area contributed by atoms with E-state index in [2.05, 4.69) is 15.6 Å². The molecule has 1 aliphatic heterocycles. The van der Waals surface area contributed by atoms with Crippen LogP contribution in [0.5, 0.6) is 11.5 Å². The number of rotatable bonds is 12. The van der Waals surface area contributed by atoms with Crippen molar-refractivity contribution in [3.8, 4) is 22.9 Å². The Labute approximate surface area is 294 Å². The van der Waals surface area contributed by atoms with Gasteiger partial charge in [0.1, 0.15) is 41.5 Å². The van der Waals surface area contributed by atoms with Crippen LogP contribution in [0, 0.1) is 5.41 Å². The lowest BCUT2D eigenvalue weighted by Crippen LogP contribution is -2.57. The van der Waals surface area contributed by atoms with Crippen LogP contribution >= 0.6 is 18.9 Å². The summed E-state index contributed by atoms with van der Waals surface area (Å²) >= 11 is 1.41. The average Bonchev–Trinajstić information content (AvgIpc) is 3.79. The number of benzene rings is 1. The fraction of sp³-hybridized carbons (Fsp3) is 0.545. The number of hydrogen-bond donors (Lipinski definition) is 5. The first kappa shape index (κ1) is 37.3. The molecule has 272 valence electrons. The summed E-state index contributed by atoms with van der Waals surface area (Å²) in [6, 6.07) is 4.62. The standard InChI is InChI=1S/C33H45N6O9PS/c1-18(2)35-31-37-25(16-50-31)24-14-27(22-11-10-20(12-23(22)36-24)46-17-49(43,44)45)47-21-13-26(29(34)40)39(15-21)30(41)28(33(3,4)5)38-32(42)48-19-8-6-7-9-19/h10-12,14,16,18-19,21,26,28H,6-9,13,15,17H2,1-5H3,(H2,34,40)(H,35,37)(H,38,42)(H2,43,44,45)/t21-,26+,28-/m1/s1. The molecule has 1 saturated carbocycles. The van der Waals surface area contributed by atoms with Crippen molar-refractivity contribution < 1.29 is 42.9 Å². The zero-order valence-corrected chi connectivity index (χ0v) is 30.5. The Bertz CT molecular complexity index is 1770. The number of likely N-dealkylation sites (tertiary alicyclic amines) is 1. The van der Waals surface area contributed by atoms with Crippen molar-refractivity contribution in [2.45, 2.75) is 97.1 Å². The van der Waals surface area contributed by atoms with E-state index in [1.165, 1.54) is 16.2 Å². The monoisotopic (exact) mass is 732 g/mol. The Hall–Kier alpha value is -3.98. The highest BCUT2D eigenvalue weighted by molar-refractivity contribution is 7.51. The highest BCUT2D eigenvalue weighted by atomic mass is 32.1. The molecule has 0 unspecified atom stereocenters. The minimum Gasteiger partial charge on any atom is -0.488 e. The molecule has 2 fully saturated rings. The number of thiazole rings is 1. The van der Waals surface area contributed by atoms with E-state index in [0.717, 1.165) is 25.7 Å². The zero-order valence-electron chi connectivity index (χ0n) is 28.7. The number of carbonyl (C=O) groups excluding carboxylic acids is 3. The molecule has 0 bridgehead atoms. The summed E-state index contributed by atoms with van der Waals surface area (Å²) in [5.74, 6) is -0.609. The molecule has 3 atom stereocenters. The van der Waals surface area contributed by atoms with Gasteiger partial charge in [-0.3, -0.25) is 14.2 Å². The summed E-state index contributed by atoms with van der Waals surface area (Å²) in [6.45, 7) is 9.46. The molecule has 1 saturated heterocycles. The van der Waals surface area contributed by atoms with Crippen molar-refractivity contribution in [2.75, 3.05) is 18.2 Å². The van der Waals surface area contributed by atoms with Gasteiger partial charge in [-0.1, -0.05) is 20.8 Å². The van der Waals surface area contributed by atoms with Crippen LogP contribution in [0.3, 0.4) is 0 Å². The first-order valence-corrected chi connectivity index (χ1v) is 19.2. The lowest BCUT2D eigenvalue weighted by molar-refractivity contribution is -0.141. The number of aromatic nitrogens is 2. The van der Waals surface area contributed by atoms with Crippen molar-refractivity contribution in [3.05, 3.63) is 29.6 Å². The molecule has 0 radical (unpaired) electrons. The molecule has 1 aliphatic carbocycles. The smallest absolute Gasteiger partial charge is 0.408 e. The number of hydrogen-bond acceptors (Lipinski definition) is 11. The third kappa shape index (κ3) is 9.42. The number of nitrogens with zero attached hydrogens (tertiary/aromatic N) is 3. The fourth-order valence-corrected chi connectivity index (χ4v) is 7.23. The molecule has 15 nitrogen and oxygen atoms in total. The molecular formula is C33H45N6O9PS. The molecule has 6 N–H and O–H groups in total. The Kier molecular flexibility index (Phi) is 11.3. The number of alkyl carbamates (subject to hydrolysis) is 1. The number of anilines is 1. The van der Waals surface area contributed by atoms with Crippen molar-refractivity contribution in [2.24, 2.45) is 11.1 Å². The summed E-state index contributed by atoms with van der Waals surface area (Å²) < 4.78 is 28.9. The average molecular weight is 733 g/mol. The molecule has 3 heterocycles. The van der Waals surface area contributed by atoms with E-state index in [0.29, 0.717) is 33.2 Å². The van der Waals surface area contributed by atoms with E-state index in [1.54, 1.807) is 24.3 Å². The second-order valence-corrected chi connectivity index (χ2v) is 16.5. The Balaban J connectivity index is 1.43. The predicted octanol–water partition coefficient (Wildman–Crippen LogP) is 4.61. The molecule has 3 aromatic rings. The molecule has 0 spiro atoms. The topological polar surface area (TPSA) is 216 Å². The van der Waals surface area contributed by atoms with Gasteiger partial charge in [0.25, 0.3) is 0 Å². The van der Waals surface area contributed by atoms with Crippen LogP contribution in [0.25, 0.3) is 22.3 Å². The number of nitrogens with two attached hydrogens (primary N) is 1. The van der Waals surface area contributed by atoms with Crippen molar-refractivity contribution in [1.29, 1.82) is 0 Å². The van der Waals surface area contributed by atoms with Crippen LogP contribution in [0.15, 0.2) is 29.6 Å².